The van der Waals surface area contributed by atoms with Crippen LogP contribution in [0.5, 0.6) is 0 Å². The molecule has 0 aliphatic carbocycles. The number of nitrogens with zero attached hydrogens (tertiary/aromatic N) is 6. The molecule has 0 unspecified atom stereocenters. The van der Waals surface area contributed by atoms with Crippen LogP contribution in [0.25, 0.3) is 0 Å². The monoisotopic (exact) mass is 358 g/mol. The summed E-state index contributed by atoms with van der Waals surface area (Å²) in [5.74, 6) is 0.940. The van der Waals surface area contributed by atoms with Crippen molar-refractivity contribution in [2.24, 2.45) is 0 Å². The molecule has 0 amide bonds. The third-order valence-corrected chi connectivity index (χ3v) is 4.57. The van der Waals surface area contributed by atoms with Gasteiger partial charge >= 0.3 is 6.18 Å². The van der Waals surface area contributed by atoms with Crippen molar-refractivity contribution < 1.29 is 13.2 Å². The lowest BCUT2D eigenvalue weighted by atomic mass is 10.4. The number of aryl methyl sites for hydroxylation is 1. The smallest absolute Gasteiger partial charge is 0.345 e. The number of anilines is 2. The molecule has 0 N–H and O–H groups in total. The highest BCUT2D eigenvalue weighted by Gasteiger charge is 2.33. The van der Waals surface area contributed by atoms with Crippen molar-refractivity contribution in [3.05, 3.63) is 23.8 Å². The summed E-state index contributed by atoms with van der Waals surface area (Å²) in [6, 6.07) is 0.890. The molecule has 0 saturated carbocycles. The van der Waals surface area contributed by atoms with E-state index in [4.69, 9.17) is 0 Å². The Balaban J connectivity index is 1.71. The highest BCUT2D eigenvalue weighted by atomic mass is 32.1. The number of halogens is 3. The number of alkyl halides is 3. The van der Waals surface area contributed by atoms with Gasteiger partial charge in [-0.15, -0.1) is 0 Å². The van der Waals surface area contributed by atoms with Crippen LogP contribution in [0.2, 0.25) is 0 Å². The lowest BCUT2D eigenvalue weighted by Crippen LogP contribution is -2.32. The largest absolute Gasteiger partial charge is 0.433 e. The molecule has 10 heteroatoms. The van der Waals surface area contributed by atoms with Gasteiger partial charge in [-0.1, -0.05) is 6.92 Å². The molecule has 1 fully saturated rings. The molecule has 1 aliphatic heterocycles. The zero-order valence-corrected chi connectivity index (χ0v) is 13.9. The molecule has 0 bridgehead atoms. The summed E-state index contributed by atoms with van der Waals surface area (Å²) in [7, 11) is 0. The molecule has 3 heterocycles. The molecule has 0 atom stereocenters. The third-order valence-electron chi connectivity index (χ3n) is 3.76. The van der Waals surface area contributed by atoms with Gasteiger partial charge in [-0.3, -0.25) is 0 Å². The van der Waals surface area contributed by atoms with Crippen LogP contribution in [0.3, 0.4) is 0 Å². The van der Waals surface area contributed by atoms with Gasteiger partial charge in [-0.25, -0.2) is 15.0 Å². The predicted molar refractivity (Wildman–Crippen MR) is 85.4 cm³/mol. The first-order chi connectivity index (χ1) is 11.5. The first-order valence-corrected chi connectivity index (χ1v) is 8.47. The predicted octanol–water partition coefficient (Wildman–Crippen LogP) is 2.63. The van der Waals surface area contributed by atoms with Crippen LogP contribution in [0.1, 0.15) is 24.9 Å². The molecule has 2 aromatic rings. The topological polar surface area (TPSA) is 58.0 Å². The zero-order valence-electron chi connectivity index (χ0n) is 13.1. The first kappa shape index (κ1) is 16.9. The Morgan fingerprint density at radius 1 is 1.12 bits per heavy atom. The fourth-order valence-electron chi connectivity index (χ4n) is 2.48. The van der Waals surface area contributed by atoms with Gasteiger partial charge in [-0.2, -0.15) is 17.5 Å². The van der Waals surface area contributed by atoms with Crippen LogP contribution in [-0.2, 0) is 12.6 Å². The summed E-state index contributed by atoms with van der Waals surface area (Å²) in [5.41, 5.74) is -0.912. The normalized spacial score (nSPS) is 16.3. The maximum atomic E-state index is 12.8. The molecule has 6 nitrogen and oxygen atoms in total. The van der Waals surface area contributed by atoms with E-state index in [9.17, 15) is 13.2 Å². The van der Waals surface area contributed by atoms with Gasteiger partial charge in [0, 0.05) is 50.3 Å². The standard InChI is InChI=1S/C14H17F3N6S/c1-2-11-20-13(24-21-11)23-7-3-6-22(8-9-23)12-18-5-4-10(19-12)14(15,16)17/h4-5H,2-3,6-9H2,1H3. The average Bonchev–Trinajstić information content (AvgIpc) is 2.91. The minimum atomic E-state index is -4.46. The van der Waals surface area contributed by atoms with Crippen molar-refractivity contribution in [1.29, 1.82) is 0 Å². The molecule has 3 rings (SSSR count). The van der Waals surface area contributed by atoms with E-state index in [0.717, 1.165) is 42.6 Å². The summed E-state index contributed by atoms with van der Waals surface area (Å²) in [5, 5.41) is 0.860. The number of hydrogen-bond acceptors (Lipinski definition) is 7. The number of hydrogen-bond donors (Lipinski definition) is 0. The van der Waals surface area contributed by atoms with E-state index >= 15 is 0 Å². The minimum Gasteiger partial charge on any atom is -0.345 e. The van der Waals surface area contributed by atoms with Gasteiger partial charge in [0.15, 0.2) is 0 Å². The maximum absolute atomic E-state index is 12.8. The van der Waals surface area contributed by atoms with Gasteiger partial charge in [0.05, 0.1) is 0 Å². The van der Waals surface area contributed by atoms with Crippen LogP contribution >= 0.6 is 11.5 Å². The van der Waals surface area contributed by atoms with Gasteiger partial charge in [0.1, 0.15) is 11.5 Å². The molecule has 1 aliphatic rings. The first-order valence-electron chi connectivity index (χ1n) is 7.70. The average molecular weight is 358 g/mol. The number of rotatable bonds is 3. The maximum Gasteiger partial charge on any atom is 0.433 e. The summed E-state index contributed by atoms with van der Waals surface area (Å²) < 4.78 is 42.7. The third kappa shape index (κ3) is 3.74. The fourth-order valence-corrected chi connectivity index (χ4v) is 3.29. The van der Waals surface area contributed by atoms with E-state index in [2.05, 4.69) is 24.2 Å². The van der Waals surface area contributed by atoms with Crippen LogP contribution in [-0.4, -0.2) is 45.5 Å². The van der Waals surface area contributed by atoms with Crippen molar-refractivity contribution in [3.63, 3.8) is 0 Å². The van der Waals surface area contributed by atoms with Crippen molar-refractivity contribution in [2.75, 3.05) is 36.0 Å². The second-order valence-electron chi connectivity index (χ2n) is 5.41. The molecule has 130 valence electrons. The minimum absolute atomic E-state index is 0.123. The molecule has 1 saturated heterocycles. The summed E-state index contributed by atoms with van der Waals surface area (Å²) >= 11 is 1.36. The van der Waals surface area contributed by atoms with Crippen molar-refractivity contribution >= 4 is 22.6 Å². The molecule has 2 aromatic heterocycles. The lowest BCUT2D eigenvalue weighted by molar-refractivity contribution is -0.141. The highest BCUT2D eigenvalue weighted by molar-refractivity contribution is 7.09. The molecule has 0 radical (unpaired) electrons. The lowest BCUT2D eigenvalue weighted by Gasteiger charge is -2.21. The Hall–Kier alpha value is -1.97. The van der Waals surface area contributed by atoms with E-state index in [1.165, 1.54) is 11.5 Å². The van der Waals surface area contributed by atoms with Gasteiger partial charge < -0.3 is 9.80 Å². The van der Waals surface area contributed by atoms with Gasteiger partial charge in [0.25, 0.3) is 0 Å². The summed E-state index contributed by atoms with van der Waals surface area (Å²) in [4.78, 5) is 16.1. The Kier molecular flexibility index (Phi) is 4.83. The van der Waals surface area contributed by atoms with E-state index in [1.54, 1.807) is 4.90 Å². The second kappa shape index (κ2) is 6.88. The van der Waals surface area contributed by atoms with E-state index in [-0.39, 0.29) is 5.95 Å². The Morgan fingerprint density at radius 2 is 1.88 bits per heavy atom. The molecule has 0 spiro atoms. The van der Waals surface area contributed by atoms with Crippen molar-refractivity contribution in [3.8, 4) is 0 Å². The van der Waals surface area contributed by atoms with Crippen LogP contribution < -0.4 is 9.80 Å². The van der Waals surface area contributed by atoms with E-state index < -0.39 is 11.9 Å². The van der Waals surface area contributed by atoms with Crippen LogP contribution in [0.15, 0.2) is 12.3 Å². The second-order valence-corrected chi connectivity index (χ2v) is 6.14. The van der Waals surface area contributed by atoms with E-state index in [1.807, 2.05) is 6.92 Å². The quantitative estimate of drug-likeness (QED) is 0.841. The van der Waals surface area contributed by atoms with E-state index in [0.29, 0.717) is 19.6 Å². The Labute approximate surface area is 141 Å². The fraction of sp³-hybridized carbons (Fsp3) is 0.571. The summed E-state index contributed by atoms with van der Waals surface area (Å²) in [6.07, 6.45) is -1.72. The highest BCUT2D eigenvalue weighted by Crippen LogP contribution is 2.28. The van der Waals surface area contributed by atoms with Crippen molar-refractivity contribution in [1.82, 2.24) is 19.3 Å². The molecule has 24 heavy (non-hydrogen) atoms. The Bertz CT molecular complexity index is 689. The van der Waals surface area contributed by atoms with Gasteiger partial charge in [-0.05, 0) is 12.5 Å². The SMILES string of the molecule is CCc1nsc(N2CCCN(c3nccc(C(F)(F)F)n3)CC2)n1. The molecular weight excluding hydrogens is 341 g/mol. The zero-order chi connectivity index (χ0) is 17.2. The van der Waals surface area contributed by atoms with Crippen LogP contribution in [0, 0.1) is 0 Å². The Morgan fingerprint density at radius 3 is 2.58 bits per heavy atom. The van der Waals surface area contributed by atoms with Gasteiger partial charge in [0.2, 0.25) is 11.1 Å². The van der Waals surface area contributed by atoms with Crippen molar-refractivity contribution in [2.45, 2.75) is 25.9 Å². The number of aromatic nitrogens is 4. The van der Waals surface area contributed by atoms with Crippen LogP contribution in [0.4, 0.5) is 24.3 Å². The molecular formula is C14H17F3N6S. The molecule has 0 aromatic carbocycles. The summed E-state index contributed by atoms with van der Waals surface area (Å²) in [6.45, 7) is 4.59.